The Morgan fingerprint density at radius 2 is 2.25 bits per heavy atom. The maximum absolute atomic E-state index is 4.98. The molecule has 92 valence electrons. The largest absolute Gasteiger partial charge is 0.383 e. The maximum Gasteiger partial charge on any atom is 0.0638 e. The van der Waals surface area contributed by atoms with Crippen LogP contribution in [0.15, 0.2) is 6.20 Å². The molecule has 0 bridgehead atoms. The molecule has 1 aromatic rings. The van der Waals surface area contributed by atoms with Crippen LogP contribution in [0.1, 0.15) is 25.1 Å². The summed E-state index contributed by atoms with van der Waals surface area (Å²) in [6.45, 7) is 9.95. The van der Waals surface area contributed by atoms with Gasteiger partial charge in [-0.3, -0.25) is 4.68 Å². The molecule has 4 heteroatoms. The van der Waals surface area contributed by atoms with E-state index >= 15 is 0 Å². The summed E-state index contributed by atoms with van der Waals surface area (Å²) in [5, 5.41) is 7.83. The molecule has 0 unspecified atom stereocenters. The topological polar surface area (TPSA) is 39.1 Å². The molecule has 0 amide bonds. The summed E-state index contributed by atoms with van der Waals surface area (Å²) in [6.07, 6.45) is 2.13. The highest BCUT2D eigenvalue weighted by atomic mass is 16.5. The molecule has 0 aromatic carbocycles. The molecule has 16 heavy (non-hydrogen) atoms. The van der Waals surface area contributed by atoms with Crippen molar-refractivity contribution in [1.29, 1.82) is 0 Å². The molecule has 0 aliphatic rings. The van der Waals surface area contributed by atoms with E-state index in [0.29, 0.717) is 5.92 Å². The minimum absolute atomic E-state index is 0.633. The Balaban J connectivity index is 2.43. The summed E-state index contributed by atoms with van der Waals surface area (Å²) >= 11 is 0. The normalized spacial score (nSPS) is 11.3. The van der Waals surface area contributed by atoms with Crippen molar-refractivity contribution in [2.45, 2.75) is 33.9 Å². The molecule has 0 fully saturated rings. The van der Waals surface area contributed by atoms with E-state index in [9.17, 15) is 0 Å². The van der Waals surface area contributed by atoms with Gasteiger partial charge in [-0.1, -0.05) is 13.8 Å². The van der Waals surface area contributed by atoms with Gasteiger partial charge in [0.2, 0.25) is 0 Å². The van der Waals surface area contributed by atoms with Gasteiger partial charge in [0.05, 0.1) is 12.3 Å². The van der Waals surface area contributed by atoms with Crippen LogP contribution in [0.5, 0.6) is 0 Å². The smallest absolute Gasteiger partial charge is 0.0638 e. The van der Waals surface area contributed by atoms with Gasteiger partial charge in [0.25, 0.3) is 0 Å². The van der Waals surface area contributed by atoms with Gasteiger partial charge in [0, 0.05) is 38.5 Å². The lowest BCUT2D eigenvalue weighted by atomic mass is 10.2. The van der Waals surface area contributed by atoms with E-state index in [1.807, 2.05) is 4.68 Å². The van der Waals surface area contributed by atoms with Gasteiger partial charge < -0.3 is 10.1 Å². The lowest BCUT2D eigenvalue weighted by Gasteiger charge is -2.03. The van der Waals surface area contributed by atoms with E-state index in [1.54, 1.807) is 7.11 Å². The Bertz CT molecular complexity index is 307. The molecule has 0 aliphatic carbocycles. The second-order valence-corrected chi connectivity index (χ2v) is 4.53. The summed E-state index contributed by atoms with van der Waals surface area (Å²) in [6, 6.07) is 0. The quantitative estimate of drug-likeness (QED) is 0.716. The summed E-state index contributed by atoms with van der Waals surface area (Å²) < 4.78 is 7.02. The van der Waals surface area contributed by atoms with Crippen LogP contribution < -0.4 is 5.32 Å². The lowest BCUT2D eigenvalue weighted by molar-refractivity contribution is 0.199. The first kappa shape index (κ1) is 13.2. The van der Waals surface area contributed by atoms with Crippen LogP contribution in [0.3, 0.4) is 0 Å². The van der Waals surface area contributed by atoms with Gasteiger partial charge >= 0.3 is 0 Å². The molecule has 0 spiro atoms. The van der Waals surface area contributed by atoms with Gasteiger partial charge in [-0.15, -0.1) is 0 Å². The van der Waals surface area contributed by atoms with Crippen LogP contribution in [0.2, 0.25) is 0 Å². The van der Waals surface area contributed by atoms with Gasteiger partial charge in [-0.2, -0.15) is 5.10 Å². The van der Waals surface area contributed by atoms with Crippen molar-refractivity contribution in [3.8, 4) is 0 Å². The van der Waals surface area contributed by atoms with Gasteiger partial charge in [0.15, 0.2) is 0 Å². The highest BCUT2D eigenvalue weighted by Crippen LogP contribution is 2.07. The number of methoxy groups -OCH3 is 1. The molecule has 1 heterocycles. The van der Waals surface area contributed by atoms with E-state index in [-0.39, 0.29) is 0 Å². The van der Waals surface area contributed by atoms with Crippen molar-refractivity contribution in [2.24, 2.45) is 5.92 Å². The Morgan fingerprint density at radius 3 is 2.88 bits per heavy atom. The number of aryl methyl sites for hydroxylation is 1. The van der Waals surface area contributed by atoms with Crippen molar-refractivity contribution >= 4 is 0 Å². The van der Waals surface area contributed by atoms with Crippen LogP contribution in [0.4, 0.5) is 0 Å². The molecule has 4 nitrogen and oxygen atoms in total. The van der Waals surface area contributed by atoms with Crippen LogP contribution in [-0.4, -0.2) is 30.0 Å². The van der Waals surface area contributed by atoms with E-state index in [4.69, 9.17) is 4.74 Å². The zero-order valence-corrected chi connectivity index (χ0v) is 10.8. The molecule has 0 saturated carbocycles. The first-order valence-corrected chi connectivity index (χ1v) is 5.86. The molecular formula is C12H23N3O. The molecule has 0 atom stereocenters. The zero-order valence-electron chi connectivity index (χ0n) is 10.8. The fourth-order valence-electron chi connectivity index (χ4n) is 1.60. The second kappa shape index (κ2) is 6.66. The summed E-state index contributed by atoms with van der Waals surface area (Å²) in [7, 11) is 1.72. The number of hydrogen-bond acceptors (Lipinski definition) is 3. The lowest BCUT2D eigenvalue weighted by Crippen LogP contribution is -2.18. The Morgan fingerprint density at radius 1 is 1.50 bits per heavy atom. The fourth-order valence-corrected chi connectivity index (χ4v) is 1.60. The number of nitrogens with zero attached hydrogens (tertiary/aromatic N) is 2. The third kappa shape index (κ3) is 4.33. The second-order valence-electron chi connectivity index (χ2n) is 4.53. The Labute approximate surface area is 98.0 Å². The number of aromatic nitrogens is 2. The predicted octanol–water partition coefficient (Wildman–Crippen LogP) is 1.58. The van der Waals surface area contributed by atoms with E-state index in [2.05, 4.69) is 37.4 Å². The summed E-state index contributed by atoms with van der Waals surface area (Å²) in [5.74, 6) is 0.633. The minimum atomic E-state index is 0.633. The molecule has 0 radical (unpaired) electrons. The number of nitrogens with one attached hydrogen (secondary N) is 1. The van der Waals surface area contributed by atoms with Crippen LogP contribution in [0, 0.1) is 12.8 Å². The summed E-state index contributed by atoms with van der Waals surface area (Å²) in [5.41, 5.74) is 2.39. The van der Waals surface area contributed by atoms with E-state index < -0.39 is 0 Å². The SMILES string of the molecule is COCCNCc1cn(CC(C)C)nc1C. The van der Waals surface area contributed by atoms with Gasteiger partial charge in [0.1, 0.15) is 0 Å². The van der Waals surface area contributed by atoms with Crippen molar-refractivity contribution in [3.05, 3.63) is 17.5 Å². The van der Waals surface area contributed by atoms with Gasteiger partial charge in [-0.25, -0.2) is 0 Å². The maximum atomic E-state index is 4.98. The predicted molar refractivity (Wildman–Crippen MR) is 65.4 cm³/mol. The van der Waals surface area contributed by atoms with E-state index in [0.717, 1.165) is 31.9 Å². The van der Waals surface area contributed by atoms with Crippen LogP contribution in [-0.2, 0) is 17.8 Å². The fraction of sp³-hybridized carbons (Fsp3) is 0.750. The molecule has 1 aromatic heterocycles. The van der Waals surface area contributed by atoms with E-state index in [1.165, 1.54) is 5.56 Å². The standard InChI is InChI=1S/C12H23N3O/c1-10(2)8-15-9-12(11(3)14-15)7-13-5-6-16-4/h9-10,13H,5-8H2,1-4H3. The van der Waals surface area contributed by atoms with Crippen LogP contribution in [0.25, 0.3) is 0 Å². The Hall–Kier alpha value is -0.870. The first-order valence-electron chi connectivity index (χ1n) is 5.86. The average Bonchev–Trinajstić information content (AvgIpc) is 2.53. The third-order valence-corrected chi connectivity index (χ3v) is 2.40. The molecule has 1 rings (SSSR count). The van der Waals surface area contributed by atoms with Crippen LogP contribution >= 0.6 is 0 Å². The van der Waals surface area contributed by atoms with Crippen molar-refractivity contribution < 1.29 is 4.74 Å². The molecule has 0 saturated heterocycles. The molecule has 0 aliphatic heterocycles. The van der Waals surface area contributed by atoms with Crippen molar-refractivity contribution in [1.82, 2.24) is 15.1 Å². The molecule has 1 N–H and O–H groups in total. The average molecular weight is 225 g/mol. The first-order chi connectivity index (χ1) is 7.63. The summed E-state index contributed by atoms with van der Waals surface area (Å²) in [4.78, 5) is 0. The highest BCUT2D eigenvalue weighted by Gasteiger charge is 2.05. The van der Waals surface area contributed by atoms with Crippen molar-refractivity contribution in [3.63, 3.8) is 0 Å². The number of hydrogen-bond donors (Lipinski definition) is 1. The van der Waals surface area contributed by atoms with Gasteiger partial charge in [-0.05, 0) is 12.8 Å². The van der Waals surface area contributed by atoms with Crippen molar-refractivity contribution in [2.75, 3.05) is 20.3 Å². The Kier molecular flexibility index (Phi) is 5.49. The number of rotatable bonds is 7. The monoisotopic (exact) mass is 225 g/mol. The number of ether oxygens (including phenoxy) is 1. The zero-order chi connectivity index (χ0) is 12.0. The minimum Gasteiger partial charge on any atom is -0.383 e. The highest BCUT2D eigenvalue weighted by molar-refractivity contribution is 5.15. The third-order valence-electron chi connectivity index (χ3n) is 2.40. The molecular weight excluding hydrogens is 202 g/mol.